The monoisotopic (exact) mass is 172 g/mol. The van der Waals surface area contributed by atoms with Crippen LogP contribution in [0.3, 0.4) is 0 Å². The molecular weight excluding hydrogens is 160 g/mol. The van der Waals surface area contributed by atoms with Gasteiger partial charge in [0.15, 0.2) is 0 Å². The number of rotatable bonds is 2. The third-order valence-electron chi connectivity index (χ3n) is 1.86. The highest BCUT2D eigenvalue weighted by atomic mass is 16.1. The summed E-state index contributed by atoms with van der Waals surface area (Å²) in [7, 11) is 0. The predicted octanol–water partition coefficient (Wildman–Crippen LogP) is 2.46. The SMILES string of the molecule is CC#CC(=O)c1ccc(CC)cc1. The molecule has 0 aliphatic carbocycles. The van der Waals surface area contributed by atoms with Crippen molar-refractivity contribution in [1.29, 1.82) is 0 Å². The lowest BCUT2D eigenvalue weighted by molar-refractivity contribution is 0.105. The Morgan fingerprint density at radius 1 is 1.31 bits per heavy atom. The third-order valence-corrected chi connectivity index (χ3v) is 1.86. The smallest absolute Gasteiger partial charge is 0.235 e. The molecule has 0 amide bonds. The van der Waals surface area contributed by atoms with E-state index in [1.54, 1.807) is 6.92 Å². The number of benzene rings is 1. The molecule has 0 saturated carbocycles. The van der Waals surface area contributed by atoms with Crippen LogP contribution in [0.5, 0.6) is 0 Å². The zero-order valence-electron chi connectivity index (χ0n) is 7.92. The van der Waals surface area contributed by atoms with Crippen LogP contribution in [0.2, 0.25) is 0 Å². The summed E-state index contributed by atoms with van der Waals surface area (Å²) < 4.78 is 0. The third kappa shape index (κ3) is 2.45. The van der Waals surface area contributed by atoms with Crippen LogP contribution in [-0.2, 0) is 6.42 Å². The Labute approximate surface area is 78.8 Å². The summed E-state index contributed by atoms with van der Waals surface area (Å²) in [6.07, 6.45) is 0.994. The summed E-state index contributed by atoms with van der Waals surface area (Å²) in [5.74, 6) is 5.00. The van der Waals surface area contributed by atoms with Crippen molar-refractivity contribution in [2.75, 3.05) is 0 Å². The molecule has 0 heterocycles. The largest absolute Gasteiger partial charge is 0.279 e. The molecule has 0 N–H and O–H groups in total. The molecule has 0 aliphatic rings. The number of Topliss-reactive ketones (excluding diaryl/α,β-unsaturated/α-hetero) is 1. The van der Waals surface area contributed by atoms with Gasteiger partial charge < -0.3 is 0 Å². The fourth-order valence-corrected chi connectivity index (χ4v) is 1.08. The molecule has 0 aromatic heterocycles. The molecule has 0 unspecified atom stereocenters. The number of carbonyl (C=O) groups is 1. The topological polar surface area (TPSA) is 17.1 Å². The first kappa shape index (κ1) is 9.54. The normalized spacial score (nSPS) is 8.77. The van der Waals surface area contributed by atoms with E-state index in [0.717, 1.165) is 6.42 Å². The Hall–Kier alpha value is -1.55. The molecule has 1 rings (SSSR count). The van der Waals surface area contributed by atoms with Crippen molar-refractivity contribution < 1.29 is 4.79 Å². The van der Waals surface area contributed by atoms with Crippen LogP contribution in [0.15, 0.2) is 24.3 Å². The van der Waals surface area contributed by atoms with Crippen molar-refractivity contribution in [3.63, 3.8) is 0 Å². The highest BCUT2D eigenvalue weighted by Crippen LogP contribution is 2.05. The molecule has 0 fully saturated rings. The average molecular weight is 172 g/mol. The van der Waals surface area contributed by atoms with Crippen molar-refractivity contribution in [1.82, 2.24) is 0 Å². The van der Waals surface area contributed by atoms with Gasteiger partial charge in [-0.05, 0) is 24.8 Å². The van der Waals surface area contributed by atoms with Gasteiger partial charge in [-0.2, -0.15) is 0 Å². The maximum absolute atomic E-state index is 11.3. The molecule has 0 spiro atoms. The van der Waals surface area contributed by atoms with Gasteiger partial charge in [0.05, 0.1) is 0 Å². The molecule has 0 aliphatic heterocycles. The molecule has 0 saturated heterocycles. The van der Waals surface area contributed by atoms with E-state index in [-0.39, 0.29) is 5.78 Å². The van der Waals surface area contributed by atoms with Crippen LogP contribution in [-0.4, -0.2) is 5.78 Å². The lowest BCUT2D eigenvalue weighted by Crippen LogP contribution is -1.94. The first-order valence-corrected chi connectivity index (χ1v) is 4.34. The van der Waals surface area contributed by atoms with E-state index in [1.165, 1.54) is 5.56 Å². The quantitative estimate of drug-likeness (QED) is 0.380. The predicted molar refractivity (Wildman–Crippen MR) is 53.6 cm³/mol. The summed E-state index contributed by atoms with van der Waals surface area (Å²) in [5.41, 5.74) is 1.91. The highest BCUT2D eigenvalue weighted by Gasteiger charge is 2.00. The van der Waals surface area contributed by atoms with Gasteiger partial charge in [-0.1, -0.05) is 37.1 Å². The molecule has 1 aromatic carbocycles. The fourth-order valence-electron chi connectivity index (χ4n) is 1.08. The van der Waals surface area contributed by atoms with Gasteiger partial charge in [0.2, 0.25) is 5.78 Å². The number of hydrogen-bond acceptors (Lipinski definition) is 1. The lowest BCUT2D eigenvalue weighted by Gasteiger charge is -1.96. The summed E-state index contributed by atoms with van der Waals surface area (Å²) in [6, 6.07) is 7.58. The van der Waals surface area contributed by atoms with E-state index < -0.39 is 0 Å². The van der Waals surface area contributed by atoms with Gasteiger partial charge in [-0.3, -0.25) is 4.79 Å². The Balaban J connectivity index is 2.90. The minimum absolute atomic E-state index is 0.106. The second-order valence-corrected chi connectivity index (χ2v) is 2.75. The molecule has 1 nitrogen and oxygen atoms in total. The first-order valence-electron chi connectivity index (χ1n) is 4.34. The van der Waals surface area contributed by atoms with Gasteiger partial charge in [0.1, 0.15) is 0 Å². The number of aryl methyl sites for hydroxylation is 1. The minimum Gasteiger partial charge on any atom is -0.279 e. The maximum Gasteiger partial charge on any atom is 0.235 e. The van der Waals surface area contributed by atoms with Crippen molar-refractivity contribution in [2.45, 2.75) is 20.3 Å². The van der Waals surface area contributed by atoms with Crippen LogP contribution in [0.4, 0.5) is 0 Å². The summed E-state index contributed by atoms with van der Waals surface area (Å²) >= 11 is 0. The van der Waals surface area contributed by atoms with Crippen LogP contribution in [0.1, 0.15) is 29.8 Å². The van der Waals surface area contributed by atoms with Crippen molar-refractivity contribution >= 4 is 5.78 Å². The van der Waals surface area contributed by atoms with Gasteiger partial charge in [-0.25, -0.2) is 0 Å². The lowest BCUT2D eigenvalue weighted by atomic mass is 10.1. The Morgan fingerprint density at radius 3 is 2.38 bits per heavy atom. The van der Waals surface area contributed by atoms with Crippen LogP contribution >= 0.6 is 0 Å². The Morgan fingerprint density at radius 2 is 1.92 bits per heavy atom. The van der Waals surface area contributed by atoms with Crippen molar-refractivity contribution in [3.05, 3.63) is 35.4 Å². The molecule has 13 heavy (non-hydrogen) atoms. The van der Waals surface area contributed by atoms with Gasteiger partial charge in [0, 0.05) is 5.56 Å². The van der Waals surface area contributed by atoms with E-state index in [4.69, 9.17) is 0 Å². The summed E-state index contributed by atoms with van der Waals surface area (Å²) in [6.45, 7) is 3.75. The summed E-state index contributed by atoms with van der Waals surface area (Å²) in [5, 5.41) is 0. The second-order valence-electron chi connectivity index (χ2n) is 2.75. The van der Waals surface area contributed by atoms with Crippen LogP contribution in [0, 0.1) is 11.8 Å². The van der Waals surface area contributed by atoms with Crippen molar-refractivity contribution in [2.24, 2.45) is 0 Å². The van der Waals surface area contributed by atoms with Crippen LogP contribution < -0.4 is 0 Å². The first-order chi connectivity index (χ1) is 6.27. The van der Waals surface area contributed by atoms with Gasteiger partial charge >= 0.3 is 0 Å². The van der Waals surface area contributed by atoms with E-state index in [1.807, 2.05) is 24.3 Å². The zero-order valence-corrected chi connectivity index (χ0v) is 7.92. The maximum atomic E-state index is 11.3. The number of ketones is 1. The summed E-state index contributed by atoms with van der Waals surface area (Å²) in [4.78, 5) is 11.3. The Kier molecular flexibility index (Phi) is 3.28. The fraction of sp³-hybridized carbons (Fsp3) is 0.250. The van der Waals surface area contributed by atoms with Crippen molar-refractivity contribution in [3.8, 4) is 11.8 Å². The molecule has 66 valence electrons. The average Bonchev–Trinajstić information content (AvgIpc) is 2.18. The molecule has 1 heteroatoms. The molecular formula is C12H12O. The Bertz CT molecular complexity index is 349. The van der Waals surface area contributed by atoms with E-state index in [2.05, 4.69) is 18.8 Å². The molecule has 1 aromatic rings. The molecule has 0 atom stereocenters. The standard InChI is InChI=1S/C12H12O/c1-3-5-12(13)11-8-6-10(4-2)7-9-11/h6-9H,4H2,1-2H3. The second kappa shape index (κ2) is 4.47. The number of carbonyl (C=O) groups excluding carboxylic acids is 1. The zero-order chi connectivity index (χ0) is 9.68. The van der Waals surface area contributed by atoms with E-state index in [0.29, 0.717) is 5.56 Å². The minimum atomic E-state index is -0.106. The number of hydrogen-bond donors (Lipinski definition) is 0. The van der Waals surface area contributed by atoms with E-state index >= 15 is 0 Å². The van der Waals surface area contributed by atoms with Gasteiger partial charge in [0.25, 0.3) is 0 Å². The van der Waals surface area contributed by atoms with E-state index in [9.17, 15) is 4.79 Å². The van der Waals surface area contributed by atoms with Gasteiger partial charge in [-0.15, -0.1) is 0 Å². The van der Waals surface area contributed by atoms with Crippen LogP contribution in [0.25, 0.3) is 0 Å². The molecule has 0 radical (unpaired) electrons. The molecule has 0 bridgehead atoms. The highest BCUT2D eigenvalue weighted by molar-refractivity contribution is 6.08.